The molecule has 3 rings (SSSR count). The zero-order chi connectivity index (χ0) is 18.2. The molecule has 0 radical (unpaired) electrons. The second-order valence-corrected chi connectivity index (χ2v) is 9.70. The highest BCUT2D eigenvalue weighted by Gasteiger charge is 2.31. The largest absolute Gasteiger partial charge is 0.143 e. The highest BCUT2D eigenvalue weighted by molar-refractivity contribution is 7.80. The number of benzene rings is 1. The summed E-state index contributed by atoms with van der Waals surface area (Å²) in [6.07, 6.45) is 20.6. The van der Waals surface area contributed by atoms with Crippen LogP contribution in [-0.4, -0.2) is 0 Å². The summed E-state index contributed by atoms with van der Waals surface area (Å²) >= 11 is 4.42. The van der Waals surface area contributed by atoms with Gasteiger partial charge >= 0.3 is 0 Å². The van der Waals surface area contributed by atoms with E-state index in [1.807, 2.05) is 0 Å². The van der Waals surface area contributed by atoms with Crippen molar-refractivity contribution in [3.8, 4) is 0 Å². The Kier molecular flexibility index (Phi) is 8.43. The van der Waals surface area contributed by atoms with Gasteiger partial charge in [-0.25, -0.2) is 0 Å². The second kappa shape index (κ2) is 10.8. The first-order chi connectivity index (χ1) is 12.8. The number of unbranched alkanes of at least 4 members (excludes halogenated alkanes) is 4. The molecule has 2 saturated carbocycles. The van der Waals surface area contributed by atoms with Gasteiger partial charge in [-0.15, -0.1) is 12.6 Å². The molecule has 1 heteroatoms. The van der Waals surface area contributed by atoms with Crippen LogP contribution in [0.2, 0.25) is 0 Å². The molecule has 0 saturated heterocycles. The van der Waals surface area contributed by atoms with Gasteiger partial charge in [0, 0.05) is 4.90 Å². The second-order valence-electron chi connectivity index (χ2n) is 9.19. The van der Waals surface area contributed by atoms with Gasteiger partial charge in [0.25, 0.3) is 0 Å². The summed E-state index contributed by atoms with van der Waals surface area (Å²) in [7, 11) is 0. The molecule has 0 nitrogen and oxygen atoms in total. The molecule has 2 aliphatic rings. The minimum atomic E-state index is 0.805. The van der Waals surface area contributed by atoms with Crippen molar-refractivity contribution in [2.24, 2.45) is 17.8 Å². The van der Waals surface area contributed by atoms with E-state index in [0.717, 1.165) is 28.6 Å². The van der Waals surface area contributed by atoms with Gasteiger partial charge in [-0.2, -0.15) is 0 Å². The number of hydrogen-bond donors (Lipinski definition) is 1. The molecule has 1 aromatic rings. The third kappa shape index (κ3) is 6.04. The minimum Gasteiger partial charge on any atom is -0.143 e. The predicted molar refractivity (Wildman–Crippen MR) is 117 cm³/mol. The van der Waals surface area contributed by atoms with Gasteiger partial charge in [-0.05, 0) is 79.9 Å². The van der Waals surface area contributed by atoms with Crippen LogP contribution in [0, 0.1) is 17.8 Å². The van der Waals surface area contributed by atoms with Crippen LogP contribution >= 0.6 is 12.6 Å². The van der Waals surface area contributed by atoms with Crippen molar-refractivity contribution in [3.63, 3.8) is 0 Å². The summed E-state index contributed by atoms with van der Waals surface area (Å²) in [6.45, 7) is 2.31. The van der Waals surface area contributed by atoms with E-state index in [4.69, 9.17) is 0 Å². The highest BCUT2D eigenvalue weighted by atomic mass is 32.1. The van der Waals surface area contributed by atoms with Crippen molar-refractivity contribution in [3.05, 3.63) is 29.8 Å². The van der Waals surface area contributed by atoms with Crippen molar-refractivity contribution in [2.75, 3.05) is 0 Å². The summed E-state index contributed by atoms with van der Waals surface area (Å²) < 4.78 is 0. The molecule has 26 heavy (non-hydrogen) atoms. The lowest BCUT2D eigenvalue weighted by Gasteiger charge is -2.38. The third-order valence-electron chi connectivity index (χ3n) is 7.41. The minimum absolute atomic E-state index is 0.805. The molecule has 1 aromatic carbocycles. The van der Waals surface area contributed by atoms with Crippen LogP contribution in [0.5, 0.6) is 0 Å². The Morgan fingerprint density at radius 3 is 1.92 bits per heavy atom. The first-order valence-corrected chi connectivity index (χ1v) is 12.0. The van der Waals surface area contributed by atoms with E-state index in [9.17, 15) is 0 Å². The molecule has 0 amide bonds. The van der Waals surface area contributed by atoms with E-state index < -0.39 is 0 Å². The summed E-state index contributed by atoms with van der Waals surface area (Å²) in [4.78, 5) is 1.09. The van der Waals surface area contributed by atoms with E-state index >= 15 is 0 Å². The van der Waals surface area contributed by atoms with E-state index in [1.165, 1.54) is 89.9 Å². The molecule has 2 aliphatic carbocycles. The Bertz CT molecular complexity index is 489. The summed E-state index contributed by atoms with van der Waals surface area (Å²) in [5, 5.41) is 0. The van der Waals surface area contributed by atoms with Crippen molar-refractivity contribution >= 4 is 12.6 Å². The van der Waals surface area contributed by atoms with Crippen LogP contribution in [0.3, 0.4) is 0 Å². The van der Waals surface area contributed by atoms with Crippen molar-refractivity contribution in [2.45, 2.75) is 108 Å². The lowest BCUT2D eigenvalue weighted by atomic mass is 9.68. The topological polar surface area (TPSA) is 0 Å². The maximum Gasteiger partial charge on any atom is 0.00401 e. The van der Waals surface area contributed by atoms with Crippen molar-refractivity contribution in [1.82, 2.24) is 0 Å². The smallest absolute Gasteiger partial charge is 0.00401 e. The van der Waals surface area contributed by atoms with Gasteiger partial charge in [0.15, 0.2) is 0 Å². The molecule has 0 heterocycles. The van der Waals surface area contributed by atoms with Gasteiger partial charge in [-0.3, -0.25) is 0 Å². The fourth-order valence-electron chi connectivity index (χ4n) is 5.66. The fraction of sp³-hybridized carbons (Fsp3) is 0.760. The van der Waals surface area contributed by atoms with Crippen LogP contribution in [0.1, 0.15) is 108 Å². The monoisotopic (exact) mass is 372 g/mol. The molecule has 0 unspecified atom stereocenters. The highest BCUT2D eigenvalue weighted by Crippen LogP contribution is 2.44. The molecular weight excluding hydrogens is 332 g/mol. The van der Waals surface area contributed by atoms with Crippen LogP contribution < -0.4 is 0 Å². The zero-order valence-electron chi connectivity index (χ0n) is 17.0. The van der Waals surface area contributed by atoms with E-state index in [-0.39, 0.29) is 0 Å². The summed E-state index contributed by atoms with van der Waals surface area (Å²) in [5.74, 6) is 3.94. The fourth-order valence-corrected chi connectivity index (χ4v) is 5.80. The van der Waals surface area contributed by atoms with E-state index in [1.54, 1.807) is 5.56 Å². The molecule has 0 aliphatic heterocycles. The Labute approximate surface area is 168 Å². The van der Waals surface area contributed by atoms with Crippen LogP contribution in [0.25, 0.3) is 0 Å². The average Bonchev–Trinajstić information content (AvgIpc) is 2.69. The quantitative estimate of drug-likeness (QED) is 0.343. The molecule has 0 spiro atoms. The first kappa shape index (κ1) is 20.3. The first-order valence-electron chi connectivity index (χ1n) is 11.5. The molecular formula is C25H40S. The molecule has 0 atom stereocenters. The maximum absolute atomic E-state index is 4.42. The van der Waals surface area contributed by atoms with Crippen molar-refractivity contribution < 1.29 is 0 Å². The van der Waals surface area contributed by atoms with Gasteiger partial charge in [0.2, 0.25) is 0 Å². The number of thiol groups is 1. The Morgan fingerprint density at radius 2 is 1.31 bits per heavy atom. The Balaban J connectivity index is 1.34. The molecule has 0 N–H and O–H groups in total. The number of rotatable bonds is 8. The van der Waals surface area contributed by atoms with Gasteiger partial charge < -0.3 is 0 Å². The van der Waals surface area contributed by atoms with Gasteiger partial charge in [-0.1, -0.05) is 70.4 Å². The average molecular weight is 373 g/mol. The van der Waals surface area contributed by atoms with E-state index in [0.29, 0.717) is 0 Å². The van der Waals surface area contributed by atoms with Gasteiger partial charge in [0.05, 0.1) is 0 Å². The molecule has 0 aromatic heterocycles. The summed E-state index contributed by atoms with van der Waals surface area (Å²) in [5.41, 5.74) is 1.55. The van der Waals surface area contributed by atoms with Crippen LogP contribution in [0.15, 0.2) is 29.2 Å². The SMILES string of the molecule is CCCCCCCC1CCC(C2CCC(c3ccc(S)cc3)CC2)CC1. The Hall–Kier alpha value is -0.430. The zero-order valence-corrected chi connectivity index (χ0v) is 17.9. The lowest BCUT2D eigenvalue weighted by Crippen LogP contribution is -2.25. The maximum atomic E-state index is 4.42. The standard InChI is InChI=1S/C25H40S/c1-2-3-4-5-6-7-20-8-10-21(11-9-20)22-12-14-23(15-13-22)24-16-18-25(26)19-17-24/h16-23,26H,2-15H2,1H3. The lowest BCUT2D eigenvalue weighted by molar-refractivity contribution is 0.155. The predicted octanol–water partition coefficient (Wildman–Crippen LogP) is 8.42. The molecule has 146 valence electrons. The van der Waals surface area contributed by atoms with E-state index in [2.05, 4.69) is 43.8 Å². The van der Waals surface area contributed by atoms with Gasteiger partial charge in [0.1, 0.15) is 0 Å². The molecule has 0 bridgehead atoms. The third-order valence-corrected chi connectivity index (χ3v) is 7.71. The Morgan fingerprint density at radius 1 is 0.731 bits per heavy atom. The van der Waals surface area contributed by atoms with Crippen LogP contribution in [-0.2, 0) is 0 Å². The van der Waals surface area contributed by atoms with Crippen LogP contribution in [0.4, 0.5) is 0 Å². The number of hydrogen-bond acceptors (Lipinski definition) is 1. The van der Waals surface area contributed by atoms with Crippen molar-refractivity contribution in [1.29, 1.82) is 0 Å². The normalized spacial score (nSPS) is 29.6. The molecule has 2 fully saturated rings. The summed E-state index contributed by atoms with van der Waals surface area (Å²) in [6, 6.07) is 8.93.